The maximum atomic E-state index is 13.2. The number of hydrogen-bond donors (Lipinski definition) is 1. The van der Waals surface area contributed by atoms with Gasteiger partial charge >= 0.3 is 5.97 Å². The summed E-state index contributed by atoms with van der Waals surface area (Å²) in [5.41, 5.74) is 1.92. The van der Waals surface area contributed by atoms with Gasteiger partial charge in [-0.15, -0.1) is 0 Å². The second-order valence-corrected chi connectivity index (χ2v) is 11.4. The molecule has 3 heterocycles. The van der Waals surface area contributed by atoms with Gasteiger partial charge in [-0.05, 0) is 39.2 Å². The van der Waals surface area contributed by atoms with E-state index < -0.39 is 38.8 Å². The van der Waals surface area contributed by atoms with Gasteiger partial charge in [-0.3, -0.25) is 9.69 Å². The van der Waals surface area contributed by atoms with Crippen molar-refractivity contribution in [3.8, 4) is 0 Å². The highest BCUT2D eigenvalue weighted by molar-refractivity contribution is 7.92. The SMILES string of the molecule is O=C(O)C1=C(CC2=N[N+](c3ccccc3)(c3ccccc3)N=C2)CS(=O)(=O)[C@H]2C(C3CC3)C(=O)N12. The molecular weight excluding hydrogens is 468 g/mol. The summed E-state index contributed by atoms with van der Waals surface area (Å²) in [6, 6.07) is 18.9. The smallest absolute Gasteiger partial charge is 0.352 e. The number of nitrogens with zero attached hydrogens (tertiary/aromatic N) is 4. The van der Waals surface area contributed by atoms with Crippen LogP contribution in [0.25, 0.3) is 0 Å². The van der Waals surface area contributed by atoms with E-state index in [1.807, 2.05) is 60.7 Å². The molecule has 0 radical (unpaired) electrons. The van der Waals surface area contributed by atoms with Gasteiger partial charge in [0, 0.05) is 30.7 Å². The number of sulfone groups is 1. The van der Waals surface area contributed by atoms with Gasteiger partial charge in [-0.2, -0.15) is 0 Å². The van der Waals surface area contributed by atoms with Crippen LogP contribution in [0.4, 0.5) is 11.4 Å². The highest BCUT2D eigenvalue weighted by Gasteiger charge is 2.63. The third-order valence-electron chi connectivity index (χ3n) is 7.01. The number of para-hydroxylation sites is 2. The third kappa shape index (κ3) is 3.35. The predicted molar refractivity (Wildman–Crippen MR) is 130 cm³/mol. The average Bonchev–Trinajstić information content (AvgIpc) is 3.58. The molecule has 0 spiro atoms. The number of carbonyl (C=O) groups is 2. The second-order valence-electron chi connectivity index (χ2n) is 9.31. The Bertz CT molecular complexity index is 1390. The summed E-state index contributed by atoms with van der Waals surface area (Å²) in [6.07, 6.45) is 3.13. The van der Waals surface area contributed by atoms with Crippen molar-refractivity contribution in [2.75, 3.05) is 5.75 Å². The number of rotatable bonds is 6. The van der Waals surface area contributed by atoms with Gasteiger partial charge in [-0.25, -0.2) is 13.2 Å². The van der Waals surface area contributed by atoms with Crippen LogP contribution in [0.5, 0.6) is 0 Å². The molecule has 4 aliphatic rings. The van der Waals surface area contributed by atoms with Gasteiger partial charge in [0.25, 0.3) is 0 Å². The van der Waals surface area contributed by atoms with Crippen LogP contribution in [0.15, 0.2) is 82.1 Å². The molecule has 10 heteroatoms. The third-order valence-corrected chi connectivity index (χ3v) is 9.00. The summed E-state index contributed by atoms with van der Waals surface area (Å²) in [5.74, 6) is -2.70. The van der Waals surface area contributed by atoms with Crippen LogP contribution >= 0.6 is 0 Å². The van der Waals surface area contributed by atoms with Crippen LogP contribution in [-0.4, -0.2) is 53.4 Å². The first-order valence-electron chi connectivity index (χ1n) is 11.5. The fourth-order valence-corrected chi connectivity index (χ4v) is 7.52. The van der Waals surface area contributed by atoms with E-state index in [2.05, 4.69) is 5.10 Å². The molecule has 1 saturated carbocycles. The molecule has 1 amide bonds. The molecule has 178 valence electrons. The van der Waals surface area contributed by atoms with Crippen molar-refractivity contribution < 1.29 is 23.1 Å². The van der Waals surface area contributed by atoms with Crippen molar-refractivity contribution in [2.45, 2.75) is 24.6 Å². The van der Waals surface area contributed by atoms with E-state index >= 15 is 0 Å². The summed E-state index contributed by atoms with van der Waals surface area (Å²) in [7, 11) is -3.72. The Hall–Kier alpha value is -3.63. The second kappa shape index (κ2) is 7.69. The Morgan fingerprint density at radius 3 is 2.17 bits per heavy atom. The van der Waals surface area contributed by atoms with Crippen molar-refractivity contribution in [2.24, 2.45) is 22.0 Å². The monoisotopic (exact) mass is 491 g/mol. The van der Waals surface area contributed by atoms with Gasteiger partial charge in [0.1, 0.15) is 17.6 Å². The molecule has 1 aliphatic carbocycles. The Balaban J connectivity index is 1.41. The van der Waals surface area contributed by atoms with E-state index in [4.69, 9.17) is 5.10 Å². The van der Waals surface area contributed by atoms with Crippen LogP contribution < -0.4 is 4.70 Å². The Morgan fingerprint density at radius 1 is 1.03 bits per heavy atom. The minimum absolute atomic E-state index is 0.0331. The summed E-state index contributed by atoms with van der Waals surface area (Å²) in [4.78, 5) is 26.1. The molecule has 6 rings (SSSR count). The maximum Gasteiger partial charge on any atom is 0.352 e. The molecule has 3 aliphatic heterocycles. The van der Waals surface area contributed by atoms with Gasteiger partial charge < -0.3 is 5.11 Å². The molecule has 2 aromatic rings. The molecular formula is C25H23N4O5S+. The van der Waals surface area contributed by atoms with Crippen molar-refractivity contribution >= 4 is 45.0 Å². The molecule has 2 aromatic carbocycles. The van der Waals surface area contributed by atoms with Crippen LogP contribution in [-0.2, 0) is 19.4 Å². The molecule has 1 unspecified atom stereocenters. The summed E-state index contributed by atoms with van der Waals surface area (Å²) in [6.45, 7) is 0. The molecule has 35 heavy (non-hydrogen) atoms. The largest absolute Gasteiger partial charge is 0.477 e. The molecule has 2 fully saturated rings. The lowest BCUT2D eigenvalue weighted by Crippen LogP contribution is -2.67. The number of quaternary nitrogens is 1. The lowest BCUT2D eigenvalue weighted by Gasteiger charge is -2.49. The van der Waals surface area contributed by atoms with Gasteiger partial charge in [0.05, 0.1) is 11.7 Å². The quantitative estimate of drug-likeness (QED) is 0.493. The number of β-lactam (4-membered cyclic amide) rings is 1. The van der Waals surface area contributed by atoms with E-state index in [1.165, 1.54) is 0 Å². The number of carboxylic acid groups (broad SMARTS) is 1. The first-order valence-corrected chi connectivity index (χ1v) is 13.2. The Morgan fingerprint density at radius 2 is 1.63 bits per heavy atom. The summed E-state index contributed by atoms with van der Waals surface area (Å²) < 4.78 is 26.1. The first-order chi connectivity index (χ1) is 16.8. The normalized spacial score (nSPS) is 26.2. The standard InChI is InChI=1S/C25H22N4O5S/c30-23-21(16-11-12-16)24-28(23)22(25(31)32)17(15-35(24,33)34)13-18-14-26-29(27-18,19-7-3-1-4-8-19)20-9-5-2-6-10-20/h1-10,14,16,21,24H,11-13,15H2/p+1/t21?,24-/m0/s1. The van der Waals surface area contributed by atoms with Crippen molar-refractivity contribution in [1.82, 2.24) is 9.60 Å². The van der Waals surface area contributed by atoms with Crippen molar-refractivity contribution in [1.29, 1.82) is 0 Å². The Labute approximate surface area is 202 Å². The fourth-order valence-electron chi connectivity index (χ4n) is 5.31. The summed E-state index contributed by atoms with van der Waals surface area (Å²) >= 11 is 0. The van der Waals surface area contributed by atoms with Crippen molar-refractivity contribution in [3.63, 3.8) is 0 Å². The zero-order valence-corrected chi connectivity index (χ0v) is 19.5. The summed E-state index contributed by atoms with van der Waals surface area (Å²) in [5, 5.41) is 18.4. The number of carboxylic acids is 1. The van der Waals surface area contributed by atoms with Crippen LogP contribution in [0.3, 0.4) is 0 Å². The highest BCUT2D eigenvalue weighted by atomic mass is 32.2. The minimum Gasteiger partial charge on any atom is -0.477 e. The highest BCUT2D eigenvalue weighted by Crippen LogP contribution is 2.51. The number of aliphatic carboxylic acids is 1. The fraction of sp³-hybridized carbons (Fsp3) is 0.280. The number of fused-ring (bicyclic) bond motifs is 1. The lowest BCUT2D eigenvalue weighted by molar-refractivity contribution is -0.154. The molecule has 0 bridgehead atoms. The van der Waals surface area contributed by atoms with E-state index in [9.17, 15) is 23.1 Å². The average molecular weight is 492 g/mol. The van der Waals surface area contributed by atoms with Crippen LogP contribution in [0.2, 0.25) is 0 Å². The molecule has 1 saturated heterocycles. The Kier molecular flexibility index (Phi) is 4.81. The van der Waals surface area contributed by atoms with Gasteiger partial charge in [0.2, 0.25) is 5.91 Å². The maximum absolute atomic E-state index is 13.2. The zero-order chi connectivity index (χ0) is 24.4. The van der Waals surface area contributed by atoms with Crippen LogP contribution in [0, 0.1) is 11.8 Å². The number of benzene rings is 2. The minimum atomic E-state index is -3.72. The van der Waals surface area contributed by atoms with Gasteiger partial charge in [-0.1, -0.05) is 36.4 Å². The first kappa shape index (κ1) is 21.9. The molecule has 0 aromatic heterocycles. The topological polar surface area (TPSA) is 116 Å². The van der Waals surface area contributed by atoms with Crippen LogP contribution in [0.1, 0.15) is 19.3 Å². The predicted octanol–water partition coefficient (Wildman–Crippen LogP) is 3.03. The molecule has 1 N–H and O–H groups in total. The van der Waals surface area contributed by atoms with Crippen molar-refractivity contribution in [3.05, 3.63) is 71.9 Å². The van der Waals surface area contributed by atoms with E-state index in [0.29, 0.717) is 5.71 Å². The van der Waals surface area contributed by atoms with E-state index in [-0.39, 0.29) is 28.3 Å². The number of hydrogen-bond acceptors (Lipinski definition) is 6. The lowest BCUT2D eigenvalue weighted by atomic mass is 9.90. The molecule has 2 atom stereocenters. The van der Waals surface area contributed by atoms with E-state index in [0.717, 1.165) is 29.1 Å². The van der Waals surface area contributed by atoms with Gasteiger partial charge in [0.15, 0.2) is 26.6 Å². The number of amides is 1. The number of carbonyl (C=O) groups excluding carboxylic acids is 1. The van der Waals surface area contributed by atoms with E-state index in [1.54, 1.807) is 6.21 Å². The molecule has 9 nitrogen and oxygen atoms in total. The zero-order valence-electron chi connectivity index (χ0n) is 18.7.